The zero-order valence-electron chi connectivity index (χ0n) is 19.0. The first-order valence-corrected chi connectivity index (χ1v) is 13.6. The van der Waals surface area contributed by atoms with Gasteiger partial charge in [0.05, 0.1) is 20.4 Å². The van der Waals surface area contributed by atoms with E-state index in [2.05, 4.69) is 46.4 Å². The van der Waals surface area contributed by atoms with Crippen molar-refractivity contribution in [2.75, 3.05) is 38.2 Å². The predicted octanol–water partition coefficient (Wildman–Crippen LogP) is 6.06. The molecular formula is C25H29ClIN3O2S. The van der Waals surface area contributed by atoms with Crippen molar-refractivity contribution in [3.8, 4) is 5.75 Å². The lowest BCUT2D eigenvalue weighted by atomic mass is 9.83. The second-order valence-electron chi connectivity index (χ2n) is 8.57. The van der Waals surface area contributed by atoms with Gasteiger partial charge in [-0.3, -0.25) is 0 Å². The number of halogens is 2. The van der Waals surface area contributed by atoms with Crippen LogP contribution < -0.4 is 9.64 Å². The SMILES string of the molecule is CCN(C)C1(CCOc2cc(CC=O)ccc2I)CCN(c2nc3ccc(Cl)cc3s2)CC1. The van der Waals surface area contributed by atoms with E-state index in [1.807, 2.05) is 36.4 Å². The molecule has 5 nitrogen and oxygen atoms in total. The van der Waals surface area contributed by atoms with Gasteiger partial charge in [0, 0.05) is 30.1 Å². The van der Waals surface area contributed by atoms with Gasteiger partial charge in [-0.25, -0.2) is 4.98 Å². The Bertz CT molecular complexity index is 1110. The maximum Gasteiger partial charge on any atom is 0.186 e. The highest BCUT2D eigenvalue weighted by molar-refractivity contribution is 14.1. The number of hydrogen-bond acceptors (Lipinski definition) is 6. The van der Waals surface area contributed by atoms with Gasteiger partial charge in [0.25, 0.3) is 0 Å². The summed E-state index contributed by atoms with van der Waals surface area (Å²) < 4.78 is 8.44. The monoisotopic (exact) mass is 597 g/mol. The molecule has 1 aliphatic rings. The molecule has 2 heterocycles. The Labute approximate surface area is 218 Å². The molecule has 4 rings (SSSR count). The van der Waals surface area contributed by atoms with Crippen LogP contribution in [0.15, 0.2) is 36.4 Å². The van der Waals surface area contributed by atoms with Gasteiger partial charge in [-0.1, -0.05) is 35.9 Å². The Hall–Kier alpha value is -1.42. The Balaban J connectivity index is 1.42. The summed E-state index contributed by atoms with van der Waals surface area (Å²) in [7, 11) is 2.23. The number of fused-ring (bicyclic) bond motifs is 1. The summed E-state index contributed by atoms with van der Waals surface area (Å²) in [4.78, 5) is 20.6. The van der Waals surface area contributed by atoms with E-state index in [0.29, 0.717) is 13.0 Å². The summed E-state index contributed by atoms with van der Waals surface area (Å²) in [6, 6.07) is 11.9. The molecule has 0 radical (unpaired) electrons. The smallest absolute Gasteiger partial charge is 0.186 e. The van der Waals surface area contributed by atoms with Gasteiger partial charge in [-0.2, -0.15) is 0 Å². The van der Waals surface area contributed by atoms with Gasteiger partial charge in [0.2, 0.25) is 0 Å². The number of nitrogens with zero attached hydrogens (tertiary/aromatic N) is 3. The van der Waals surface area contributed by atoms with Gasteiger partial charge in [0.1, 0.15) is 12.0 Å². The lowest BCUT2D eigenvalue weighted by molar-refractivity contribution is -0.107. The van der Waals surface area contributed by atoms with Crippen LogP contribution in [0.3, 0.4) is 0 Å². The minimum Gasteiger partial charge on any atom is -0.492 e. The lowest BCUT2D eigenvalue weighted by Gasteiger charge is -2.47. The summed E-state index contributed by atoms with van der Waals surface area (Å²) in [6.45, 7) is 5.84. The first kappa shape index (κ1) is 24.7. The Kier molecular flexibility index (Phi) is 8.15. The van der Waals surface area contributed by atoms with Crippen LogP contribution in [-0.2, 0) is 11.2 Å². The van der Waals surface area contributed by atoms with Gasteiger partial charge in [0.15, 0.2) is 5.13 Å². The molecular weight excluding hydrogens is 569 g/mol. The molecule has 0 unspecified atom stereocenters. The topological polar surface area (TPSA) is 45.7 Å². The van der Waals surface area contributed by atoms with Crippen molar-refractivity contribution in [1.29, 1.82) is 0 Å². The van der Waals surface area contributed by atoms with E-state index >= 15 is 0 Å². The van der Waals surface area contributed by atoms with Crippen LogP contribution >= 0.6 is 45.5 Å². The first-order valence-electron chi connectivity index (χ1n) is 11.3. The minimum atomic E-state index is 0.108. The molecule has 1 saturated heterocycles. The Morgan fingerprint density at radius 2 is 2.06 bits per heavy atom. The van der Waals surface area contributed by atoms with Crippen molar-refractivity contribution in [2.45, 2.75) is 38.1 Å². The average Bonchev–Trinajstić information content (AvgIpc) is 3.24. The number of piperidine rings is 1. The quantitative estimate of drug-likeness (QED) is 0.222. The molecule has 0 spiro atoms. The zero-order valence-corrected chi connectivity index (χ0v) is 22.8. The number of carbonyl (C=O) groups excluding carboxylic acids is 1. The number of hydrogen-bond donors (Lipinski definition) is 0. The normalized spacial score (nSPS) is 15.8. The number of ether oxygens (including phenoxy) is 1. The van der Waals surface area contributed by atoms with E-state index in [1.165, 1.54) is 0 Å². The number of benzene rings is 2. The zero-order chi connectivity index (χ0) is 23.4. The molecule has 8 heteroatoms. The molecule has 1 aliphatic heterocycles. The van der Waals surface area contributed by atoms with Crippen LogP contribution in [0.4, 0.5) is 5.13 Å². The van der Waals surface area contributed by atoms with Gasteiger partial charge in [-0.15, -0.1) is 0 Å². The van der Waals surface area contributed by atoms with E-state index in [-0.39, 0.29) is 5.54 Å². The largest absolute Gasteiger partial charge is 0.492 e. The minimum absolute atomic E-state index is 0.108. The molecule has 0 aliphatic carbocycles. The lowest BCUT2D eigenvalue weighted by Crippen LogP contribution is -2.54. The van der Waals surface area contributed by atoms with Crippen LogP contribution in [0.1, 0.15) is 31.7 Å². The molecule has 0 atom stereocenters. The summed E-state index contributed by atoms with van der Waals surface area (Å²) in [5.74, 6) is 0.870. The van der Waals surface area contributed by atoms with Crippen molar-refractivity contribution in [3.05, 3.63) is 50.6 Å². The maximum atomic E-state index is 10.9. The second-order valence-corrected chi connectivity index (χ2v) is 11.2. The van der Waals surface area contributed by atoms with Crippen molar-refractivity contribution in [1.82, 2.24) is 9.88 Å². The molecule has 33 heavy (non-hydrogen) atoms. The van der Waals surface area contributed by atoms with Crippen molar-refractivity contribution in [3.63, 3.8) is 0 Å². The fourth-order valence-electron chi connectivity index (χ4n) is 4.53. The molecule has 0 bridgehead atoms. The third kappa shape index (κ3) is 5.63. The highest BCUT2D eigenvalue weighted by Gasteiger charge is 2.38. The highest BCUT2D eigenvalue weighted by atomic mass is 127. The van der Waals surface area contributed by atoms with Crippen LogP contribution in [0.5, 0.6) is 5.75 Å². The summed E-state index contributed by atoms with van der Waals surface area (Å²) in [5, 5.41) is 1.84. The Morgan fingerprint density at radius 3 is 2.79 bits per heavy atom. The standard InChI is InChI=1S/C25H29ClIN3O2S/c1-3-29(2)25(11-15-32-22-16-18(8-14-31)4-6-20(22)27)9-12-30(13-10-25)24-28-21-7-5-19(26)17-23(21)33-24/h4-7,14,16-17H,3,8-13,15H2,1-2H3. The van der Waals surface area contributed by atoms with Crippen LogP contribution in [0, 0.1) is 3.57 Å². The third-order valence-corrected chi connectivity index (χ3v) is 8.93. The number of aldehydes is 1. The molecule has 1 aromatic heterocycles. The number of carbonyl (C=O) groups is 1. The second kappa shape index (κ2) is 10.9. The summed E-state index contributed by atoms with van der Waals surface area (Å²) in [5.41, 5.74) is 2.12. The fraction of sp³-hybridized carbons (Fsp3) is 0.440. The molecule has 2 aromatic carbocycles. The van der Waals surface area contributed by atoms with Gasteiger partial charge in [-0.05, 0) is 91.3 Å². The van der Waals surface area contributed by atoms with E-state index in [1.54, 1.807) is 11.3 Å². The van der Waals surface area contributed by atoms with Crippen LogP contribution in [0.25, 0.3) is 10.2 Å². The van der Waals surface area contributed by atoms with Gasteiger partial charge < -0.3 is 19.3 Å². The first-order chi connectivity index (χ1) is 15.9. The van der Waals surface area contributed by atoms with E-state index < -0.39 is 0 Å². The Morgan fingerprint density at radius 1 is 1.27 bits per heavy atom. The van der Waals surface area contributed by atoms with Crippen LogP contribution in [0.2, 0.25) is 5.02 Å². The molecule has 0 amide bonds. The van der Waals surface area contributed by atoms with E-state index in [9.17, 15) is 4.79 Å². The molecule has 176 valence electrons. The van der Waals surface area contributed by atoms with Crippen molar-refractivity contribution >= 4 is 67.2 Å². The number of aromatic nitrogens is 1. The molecule has 1 fully saturated rings. The van der Waals surface area contributed by atoms with Crippen molar-refractivity contribution in [2.24, 2.45) is 0 Å². The number of thiazole rings is 1. The van der Waals surface area contributed by atoms with Gasteiger partial charge >= 0.3 is 0 Å². The van der Waals surface area contributed by atoms with Crippen molar-refractivity contribution < 1.29 is 9.53 Å². The number of anilines is 1. The van der Waals surface area contributed by atoms with E-state index in [0.717, 1.165) is 80.4 Å². The van der Waals surface area contributed by atoms with E-state index in [4.69, 9.17) is 21.3 Å². The molecule has 0 N–H and O–H groups in total. The summed E-state index contributed by atoms with van der Waals surface area (Å²) >= 11 is 10.2. The maximum absolute atomic E-state index is 10.9. The highest BCUT2D eigenvalue weighted by Crippen LogP contribution is 2.37. The third-order valence-electron chi connectivity index (χ3n) is 6.73. The van der Waals surface area contributed by atoms with Crippen LogP contribution in [-0.4, -0.2) is 55.0 Å². The summed E-state index contributed by atoms with van der Waals surface area (Å²) in [6.07, 6.45) is 4.46. The molecule has 3 aromatic rings. The fourth-order valence-corrected chi connectivity index (χ4v) is 6.31. The number of rotatable bonds is 9. The average molecular weight is 598 g/mol. The molecule has 0 saturated carbocycles. The predicted molar refractivity (Wildman–Crippen MR) is 146 cm³/mol.